The molecular formula is C18H20BrN3O. The number of halogens is 1. The molecule has 0 unspecified atom stereocenters. The maximum Gasteiger partial charge on any atom is 0.255 e. The van der Waals surface area contributed by atoms with Crippen LogP contribution < -0.4 is 5.32 Å². The standard InChI is InChI=1S/C18H20BrN3O/c1-13-5-6-17(16(19)9-13)21-15-10-14(11-20-12-15)18(23)22-7-3-2-4-8-22/h5-6,9-12,21H,2-4,7-8H2,1H3. The summed E-state index contributed by atoms with van der Waals surface area (Å²) in [4.78, 5) is 18.7. The number of rotatable bonds is 3. The fourth-order valence-corrected chi connectivity index (χ4v) is 3.37. The molecule has 0 spiro atoms. The molecular weight excluding hydrogens is 354 g/mol. The lowest BCUT2D eigenvalue weighted by molar-refractivity contribution is 0.0724. The van der Waals surface area contributed by atoms with Crippen molar-refractivity contribution in [3.05, 3.63) is 52.3 Å². The Balaban J connectivity index is 1.78. The van der Waals surface area contributed by atoms with Gasteiger partial charge in [-0.25, -0.2) is 0 Å². The monoisotopic (exact) mass is 373 g/mol. The molecule has 0 bridgehead atoms. The normalized spacial score (nSPS) is 14.6. The third-order valence-electron chi connectivity index (χ3n) is 4.03. The molecule has 1 saturated heterocycles. The molecule has 1 fully saturated rings. The Bertz CT molecular complexity index is 711. The van der Waals surface area contributed by atoms with Crippen molar-refractivity contribution < 1.29 is 4.79 Å². The fraction of sp³-hybridized carbons (Fsp3) is 0.333. The molecule has 1 aromatic carbocycles. The van der Waals surface area contributed by atoms with E-state index in [0.29, 0.717) is 5.56 Å². The van der Waals surface area contributed by atoms with Crippen LogP contribution in [-0.4, -0.2) is 28.9 Å². The van der Waals surface area contributed by atoms with Crippen LogP contribution in [0.3, 0.4) is 0 Å². The van der Waals surface area contributed by atoms with Gasteiger partial charge in [0, 0.05) is 23.8 Å². The molecule has 2 heterocycles. The van der Waals surface area contributed by atoms with Gasteiger partial charge in [-0.15, -0.1) is 0 Å². The van der Waals surface area contributed by atoms with Crippen molar-refractivity contribution in [2.45, 2.75) is 26.2 Å². The molecule has 0 aliphatic carbocycles. The number of carbonyl (C=O) groups is 1. The zero-order valence-electron chi connectivity index (χ0n) is 13.2. The molecule has 23 heavy (non-hydrogen) atoms. The highest BCUT2D eigenvalue weighted by Crippen LogP contribution is 2.27. The third-order valence-corrected chi connectivity index (χ3v) is 4.69. The molecule has 1 aliphatic heterocycles. The van der Waals surface area contributed by atoms with E-state index in [-0.39, 0.29) is 5.91 Å². The molecule has 1 amide bonds. The van der Waals surface area contributed by atoms with E-state index in [4.69, 9.17) is 0 Å². The lowest BCUT2D eigenvalue weighted by Crippen LogP contribution is -2.35. The topological polar surface area (TPSA) is 45.2 Å². The van der Waals surface area contributed by atoms with Crippen molar-refractivity contribution in [1.29, 1.82) is 0 Å². The summed E-state index contributed by atoms with van der Waals surface area (Å²) in [6, 6.07) is 7.98. The molecule has 0 saturated carbocycles. The SMILES string of the molecule is Cc1ccc(Nc2cncc(C(=O)N3CCCCC3)c2)c(Br)c1. The summed E-state index contributed by atoms with van der Waals surface area (Å²) in [6.45, 7) is 3.74. The van der Waals surface area contributed by atoms with Crippen LogP contribution in [0, 0.1) is 6.92 Å². The van der Waals surface area contributed by atoms with Crippen LogP contribution in [0.2, 0.25) is 0 Å². The van der Waals surface area contributed by atoms with Gasteiger partial charge in [-0.05, 0) is 65.9 Å². The number of carbonyl (C=O) groups excluding carboxylic acids is 1. The van der Waals surface area contributed by atoms with Crippen LogP contribution in [0.4, 0.5) is 11.4 Å². The second kappa shape index (κ2) is 7.13. The van der Waals surface area contributed by atoms with Gasteiger partial charge >= 0.3 is 0 Å². The average Bonchev–Trinajstić information content (AvgIpc) is 2.58. The van der Waals surface area contributed by atoms with Crippen LogP contribution in [0.1, 0.15) is 35.2 Å². The Labute approximate surface area is 145 Å². The molecule has 4 nitrogen and oxygen atoms in total. The maximum absolute atomic E-state index is 12.6. The first-order valence-corrected chi connectivity index (χ1v) is 8.70. The number of benzene rings is 1. The minimum absolute atomic E-state index is 0.0730. The van der Waals surface area contributed by atoms with E-state index in [1.54, 1.807) is 12.4 Å². The highest BCUT2D eigenvalue weighted by molar-refractivity contribution is 9.10. The van der Waals surface area contributed by atoms with Gasteiger partial charge in [-0.1, -0.05) is 6.07 Å². The summed E-state index contributed by atoms with van der Waals surface area (Å²) in [5.74, 6) is 0.0730. The first-order chi connectivity index (χ1) is 11.1. The Morgan fingerprint density at radius 3 is 2.70 bits per heavy atom. The number of likely N-dealkylation sites (tertiary alicyclic amines) is 1. The van der Waals surface area contributed by atoms with Gasteiger partial charge < -0.3 is 10.2 Å². The van der Waals surface area contributed by atoms with Crippen LogP contribution in [0.25, 0.3) is 0 Å². The van der Waals surface area contributed by atoms with Gasteiger partial charge in [0.05, 0.1) is 23.1 Å². The molecule has 1 N–H and O–H groups in total. The van der Waals surface area contributed by atoms with Gasteiger partial charge in [-0.2, -0.15) is 0 Å². The van der Waals surface area contributed by atoms with E-state index in [1.807, 2.05) is 30.0 Å². The fourth-order valence-electron chi connectivity index (χ4n) is 2.78. The van der Waals surface area contributed by atoms with Crippen molar-refractivity contribution in [3.63, 3.8) is 0 Å². The highest BCUT2D eigenvalue weighted by Gasteiger charge is 2.18. The van der Waals surface area contributed by atoms with Crippen LogP contribution in [0.5, 0.6) is 0 Å². The van der Waals surface area contributed by atoms with E-state index in [0.717, 1.165) is 41.8 Å². The van der Waals surface area contributed by atoms with E-state index in [9.17, 15) is 4.79 Å². The van der Waals surface area contributed by atoms with Gasteiger partial charge in [0.15, 0.2) is 0 Å². The molecule has 120 valence electrons. The van der Waals surface area contributed by atoms with Gasteiger partial charge in [0.25, 0.3) is 5.91 Å². The first-order valence-electron chi connectivity index (χ1n) is 7.91. The quantitative estimate of drug-likeness (QED) is 0.859. The summed E-state index contributed by atoms with van der Waals surface area (Å²) >= 11 is 3.56. The van der Waals surface area contributed by atoms with Gasteiger partial charge in [-0.3, -0.25) is 9.78 Å². The number of hydrogen-bond donors (Lipinski definition) is 1. The number of aromatic nitrogens is 1. The van der Waals surface area contributed by atoms with E-state index in [1.165, 1.54) is 12.0 Å². The predicted molar refractivity (Wildman–Crippen MR) is 96.2 cm³/mol. The van der Waals surface area contributed by atoms with Gasteiger partial charge in [0.1, 0.15) is 0 Å². The Hall–Kier alpha value is -1.88. The molecule has 1 aliphatic rings. The largest absolute Gasteiger partial charge is 0.353 e. The summed E-state index contributed by atoms with van der Waals surface area (Å²) < 4.78 is 0.991. The van der Waals surface area contributed by atoms with Crippen LogP contribution >= 0.6 is 15.9 Å². The lowest BCUT2D eigenvalue weighted by atomic mass is 10.1. The van der Waals surface area contributed by atoms with Crippen LogP contribution in [-0.2, 0) is 0 Å². The number of anilines is 2. The average molecular weight is 374 g/mol. The predicted octanol–water partition coefficient (Wildman–Crippen LogP) is 4.52. The molecule has 2 aromatic rings. The Morgan fingerprint density at radius 2 is 1.96 bits per heavy atom. The van der Waals surface area contributed by atoms with Crippen molar-refractivity contribution in [1.82, 2.24) is 9.88 Å². The molecule has 1 aromatic heterocycles. The van der Waals surface area contributed by atoms with Gasteiger partial charge in [0.2, 0.25) is 0 Å². The molecule has 0 atom stereocenters. The van der Waals surface area contributed by atoms with Crippen molar-refractivity contribution in [2.24, 2.45) is 0 Å². The first kappa shape index (κ1) is 16.0. The summed E-state index contributed by atoms with van der Waals surface area (Å²) in [7, 11) is 0. The van der Waals surface area contributed by atoms with E-state index in [2.05, 4.69) is 32.3 Å². The molecule has 5 heteroatoms. The number of nitrogens with zero attached hydrogens (tertiary/aromatic N) is 2. The number of amides is 1. The van der Waals surface area contributed by atoms with Crippen LogP contribution in [0.15, 0.2) is 41.1 Å². The zero-order valence-corrected chi connectivity index (χ0v) is 14.8. The number of nitrogens with one attached hydrogen (secondary N) is 1. The Kier molecular flexibility index (Phi) is 4.96. The van der Waals surface area contributed by atoms with Crippen molar-refractivity contribution in [3.8, 4) is 0 Å². The minimum Gasteiger partial charge on any atom is -0.353 e. The van der Waals surface area contributed by atoms with E-state index >= 15 is 0 Å². The molecule has 0 radical (unpaired) electrons. The minimum atomic E-state index is 0.0730. The second-order valence-electron chi connectivity index (χ2n) is 5.92. The number of hydrogen-bond acceptors (Lipinski definition) is 3. The summed E-state index contributed by atoms with van der Waals surface area (Å²) in [6.07, 6.45) is 6.78. The maximum atomic E-state index is 12.6. The highest BCUT2D eigenvalue weighted by atomic mass is 79.9. The number of piperidine rings is 1. The van der Waals surface area contributed by atoms with E-state index < -0.39 is 0 Å². The van der Waals surface area contributed by atoms with Crippen molar-refractivity contribution in [2.75, 3.05) is 18.4 Å². The van der Waals surface area contributed by atoms with Crippen molar-refractivity contribution >= 4 is 33.2 Å². The zero-order chi connectivity index (χ0) is 16.2. The number of pyridine rings is 1. The third kappa shape index (κ3) is 3.91. The summed E-state index contributed by atoms with van der Waals surface area (Å²) in [5, 5.41) is 3.32. The molecule has 3 rings (SSSR count). The smallest absolute Gasteiger partial charge is 0.255 e. The lowest BCUT2D eigenvalue weighted by Gasteiger charge is -2.26. The summed E-state index contributed by atoms with van der Waals surface area (Å²) in [5.41, 5.74) is 3.60. The Morgan fingerprint density at radius 1 is 1.17 bits per heavy atom. The number of aryl methyl sites for hydroxylation is 1. The second-order valence-corrected chi connectivity index (χ2v) is 6.78.